The van der Waals surface area contributed by atoms with Crippen LogP contribution in [-0.4, -0.2) is 24.4 Å². The fraction of sp³-hybridized carbons (Fsp3) is 0.222. The van der Waals surface area contributed by atoms with Crippen LogP contribution in [0.3, 0.4) is 0 Å². The van der Waals surface area contributed by atoms with Crippen molar-refractivity contribution in [2.75, 3.05) is 13.6 Å². The Bertz CT molecular complexity index is 353. The molecule has 0 aliphatic carbocycles. The van der Waals surface area contributed by atoms with Crippen LogP contribution < -0.4 is 0 Å². The Hall–Kier alpha value is -0.980. The third kappa shape index (κ3) is 2.48. The van der Waals surface area contributed by atoms with Gasteiger partial charge in [0.25, 0.3) is 5.91 Å². The molecule has 1 heterocycles. The number of terminal acetylenes is 1. The van der Waals surface area contributed by atoms with E-state index in [1.807, 2.05) is 0 Å². The summed E-state index contributed by atoms with van der Waals surface area (Å²) in [6.45, 7) is 0.314. The van der Waals surface area contributed by atoms with Gasteiger partial charge in [-0.3, -0.25) is 4.79 Å². The van der Waals surface area contributed by atoms with E-state index in [0.717, 1.165) is 0 Å². The molecular formula is C9H8ClNOS. The molecular weight excluding hydrogens is 206 g/mol. The molecule has 0 spiro atoms. The number of rotatable bonds is 2. The summed E-state index contributed by atoms with van der Waals surface area (Å²) < 4.78 is 0.609. The molecule has 0 saturated carbocycles. The van der Waals surface area contributed by atoms with E-state index < -0.39 is 0 Å². The summed E-state index contributed by atoms with van der Waals surface area (Å²) in [4.78, 5) is 13.6. The van der Waals surface area contributed by atoms with E-state index in [4.69, 9.17) is 18.0 Å². The smallest absolute Gasteiger partial charge is 0.264 e. The average molecular weight is 214 g/mol. The Morgan fingerprint density at radius 1 is 1.77 bits per heavy atom. The Balaban J connectivity index is 2.74. The average Bonchev–Trinajstić information content (AvgIpc) is 2.51. The second kappa shape index (κ2) is 4.31. The first-order valence-electron chi connectivity index (χ1n) is 3.59. The summed E-state index contributed by atoms with van der Waals surface area (Å²) in [5, 5.41) is 0. The normalized spacial score (nSPS) is 9.31. The highest BCUT2D eigenvalue weighted by atomic mass is 35.5. The van der Waals surface area contributed by atoms with Crippen LogP contribution in [0.4, 0.5) is 0 Å². The predicted molar refractivity (Wildman–Crippen MR) is 55.1 cm³/mol. The topological polar surface area (TPSA) is 20.3 Å². The molecule has 13 heavy (non-hydrogen) atoms. The molecule has 0 bridgehead atoms. The zero-order chi connectivity index (χ0) is 9.84. The Morgan fingerprint density at radius 2 is 2.46 bits per heavy atom. The van der Waals surface area contributed by atoms with Gasteiger partial charge in [-0.1, -0.05) is 17.5 Å². The van der Waals surface area contributed by atoms with Gasteiger partial charge in [0.05, 0.1) is 15.8 Å². The summed E-state index contributed by atoms with van der Waals surface area (Å²) >= 11 is 6.95. The Kier molecular flexibility index (Phi) is 3.35. The number of hydrogen-bond acceptors (Lipinski definition) is 2. The van der Waals surface area contributed by atoms with Gasteiger partial charge in [-0.05, 0) is 12.1 Å². The van der Waals surface area contributed by atoms with Gasteiger partial charge in [0.2, 0.25) is 0 Å². The van der Waals surface area contributed by atoms with Gasteiger partial charge < -0.3 is 4.90 Å². The van der Waals surface area contributed by atoms with Crippen LogP contribution in [0.25, 0.3) is 0 Å². The summed E-state index contributed by atoms with van der Waals surface area (Å²) in [6.07, 6.45) is 5.08. The molecule has 0 aliphatic rings. The summed E-state index contributed by atoms with van der Waals surface area (Å²) in [7, 11) is 1.66. The van der Waals surface area contributed by atoms with Gasteiger partial charge >= 0.3 is 0 Å². The molecule has 0 unspecified atom stereocenters. The van der Waals surface area contributed by atoms with Crippen molar-refractivity contribution >= 4 is 28.8 Å². The highest BCUT2D eigenvalue weighted by Gasteiger charge is 2.12. The molecule has 0 N–H and O–H groups in total. The number of carbonyl (C=O) groups is 1. The first kappa shape index (κ1) is 10.1. The fourth-order valence-corrected chi connectivity index (χ4v) is 1.86. The third-order valence-corrected chi connectivity index (χ3v) is 2.68. The minimum atomic E-state index is -0.0881. The molecule has 4 heteroatoms. The fourth-order valence-electron chi connectivity index (χ4n) is 0.826. The van der Waals surface area contributed by atoms with Crippen molar-refractivity contribution in [1.29, 1.82) is 0 Å². The van der Waals surface area contributed by atoms with Crippen LogP contribution in [0.2, 0.25) is 4.34 Å². The van der Waals surface area contributed by atoms with Gasteiger partial charge in [0.15, 0.2) is 0 Å². The zero-order valence-electron chi connectivity index (χ0n) is 7.08. The van der Waals surface area contributed by atoms with Crippen molar-refractivity contribution in [3.8, 4) is 12.3 Å². The van der Waals surface area contributed by atoms with Crippen molar-refractivity contribution in [2.45, 2.75) is 0 Å². The standard InChI is InChI=1S/C9H8ClNOS/c1-3-6-11(2)9(12)7-4-5-8(10)13-7/h1,4-5H,6H2,2H3. The minimum absolute atomic E-state index is 0.0881. The lowest BCUT2D eigenvalue weighted by Gasteiger charge is -2.11. The van der Waals surface area contributed by atoms with Crippen molar-refractivity contribution < 1.29 is 4.79 Å². The van der Waals surface area contributed by atoms with Crippen molar-refractivity contribution in [3.63, 3.8) is 0 Å². The van der Waals surface area contributed by atoms with Gasteiger partial charge in [0.1, 0.15) is 0 Å². The van der Waals surface area contributed by atoms with Crippen LogP contribution in [-0.2, 0) is 0 Å². The second-order valence-electron chi connectivity index (χ2n) is 2.47. The van der Waals surface area contributed by atoms with Crippen LogP contribution in [0.15, 0.2) is 12.1 Å². The number of nitrogens with zero attached hydrogens (tertiary/aromatic N) is 1. The van der Waals surface area contributed by atoms with Crippen molar-refractivity contribution in [2.24, 2.45) is 0 Å². The van der Waals surface area contributed by atoms with Crippen LogP contribution >= 0.6 is 22.9 Å². The maximum Gasteiger partial charge on any atom is 0.264 e. The predicted octanol–water partition coefficient (Wildman–Crippen LogP) is 2.11. The SMILES string of the molecule is C#CCN(C)C(=O)c1ccc(Cl)s1. The number of thiophene rings is 1. The van der Waals surface area contributed by atoms with Crippen LogP contribution in [0.1, 0.15) is 9.67 Å². The first-order chi connectivity index (χ1) is 6.15. The molecule has 0 saturated heterocycles. The Morgan fingerprint density at radius 3 is 2.92 bits per heavy atom. The zero-order valence-corrected chi connectivity index (χ0v) is 8.65. The van der Waals surface area contributed by atoms with Gasteiger partial charge in [0, 0.05) is 7.05 Å². The Labute approximate surface area is 86.1 Å². The number of hydrogen-bond donors (Lipinski definition) is 0. The van der Waals surface area contributed by atoms with E-state index in [1.54, 1.807) is 19.2 Å². The lowest BCUT2D eigenvalue weighted by Crippen LogP contribution is -2.26. The monoisotopic (exact) mass is 213 g/mol. The summed E-state index contributed by atoms with van der Waals surface area (Å²) in [5.41, 5.74) is 0. The minimum Gasteiger partial charge on any atom is -0.330 e. The maximum atomic E-state index is 11.5. The first-order valence-corrected chi connectivity index (χ1v) is 4.79. The number of amides is 1. The molecule has 1 aromatic heterocycles. The maximum absolute atomic E-state index is 11.5. The van der Waals surface area contributed by atoms with E-state index in [1.165, 1.54) is 16.2 Å². The summed E-state index contributed by atoms with van der Waals surface area (Å²) in [6, 6.07) is 3.39. The number of halogens is 1. The van der Waals surface area contributed by atoms with Crippen molar-refractivity contribution in [3.05, 3.63) is 21.3 Å². The molecule has 0 atom stereocenters. The molecule has 0 radical (unpaired) electrons. The molecule has 1 rings (SSSR count). The van der Waals surface area contributed by atoms with Crippen LogP contribution in [0.5, 0.6) is 0 Å². The molecule has 1 amide bonds. The highest BCUT2D eigenvalue weighted by Crippen LogP contribution is 2.22. The third-order valence-electron chi connectivity index (χ3n) is 1.46. The van der Waals surface area contributed by atoms with E-state index in [-0.39, 0.29) is 5.91 Å². The highest BCUT2D eigenvalue weighted by molar-refractivity contribution is 7.17. The van der Waals surface area contributed by atoms with Gasteiger partial charge in [-0.15, -0.1) is 17.8 Å². The van der Waals surface area contributed by atoms with E-state index >= 15 is 0 Å². The quantitative estimate of drug-likeness (QED) is 0.690. The van der Waals surface area contributed by atoms with E-state index in [9.17, 15) is 4.79 Å². The molecule has 0 fully saturated rings. The van der Waals surface area contributed by atoms with E-state index in [0.29, 0.717) is 15.8 Å². The molecule has 0 aliphatic heterocycles. The second-order valence-corrected chi connectivity index (χ2v) is 4.18. The lowest BCUT2D eigenvalue weighted by atomic mass is 10.4. The van der Waals surface area contributed by atoms with Crippen molar-refractivity contribution in [1.82, 2.24) is 4.90 Å². The molecule has 1 aromatic rings. The van der Waals surface area contributed by atoms with Gasteiger partial charge in [-0.2, -0.15) is 0 Å². The molecule has 68 valence electrons. The molecule has 2 nitrogen and oxygen atoms in total. The summed E-state index contributed by atoms with van der Waals surface area (Å²) in [5.74, 6) is 2.31. The van der Waals surface area contributed by atoms with Gasteiger partial charge in [-0.25, -0.2) is 0 Å². The van der Waals surface area contributed by atoms with E-state index in [2.05, 4.69) is 5.92 Å². The number of carbonyl (C=O) groups excluding carboxylic acids is 1. The largest absolute Gasteiger partial charge is 0.330 e. The lowest BCUT2D eigenvalue weighted by molar-refractivity contribution is 0.0817. The van der Waals surface area contributed by atoms with Crippen LogP contribution in [0, 0.1) is 12.3 Å². The molecule has 0 aromatic carbocycles.